The standard InChI is InChI=1S/C18H26FN3O2/c1-14(20-17(23)21-16-6-4-15(19)5-7-16)18(8-2-3-9-18)22-10-12-24-13-11-22/h4-7,14H,2-3,8-13H2,1H3,(H2,20,21,23)/t14-/m1/s1. The number of rotatable bonds is 4. The molecule has 2 aliphatic rings. The first kappa shape index (κ1) is 17.2. The van der Waals surface area contributed by atoms with E-state index in [2.05, 4.69) is 22.5 Å². The first-order valence-corrected chi connectivity index (χ1v) is 8.76. The minimum Gasteiger partial charge on any atom is -0.379 e. The second-order valence-electron chi connectivity index (χ2n) is 6.74. The number of anilines is 1. The fourth-order valence-electron chi connectivity index (χ4n) is 4.05. The monoisotopic (exact) mass is 335 g/mol. The Hall–Kier alpha value is -1.66. The number of nitrogens with zero attached hydrogens (tertiary/aromatic N) is 1. The SMILES string of the molecule is C[C@@H](NC(=O)Nc1ccc(F)cc1)C1(N2CCOCC2)CCCC1. The highest BCUT2D eigenvalue weighted by Gasteiger charge is 2.44. The summed E-state index contributed by atoms with van der Waals surface area (Å²) in [5, 5.41) is 5.88. The number of hydrogen-bond acceptors (Lipinski definition) is 3. The van der Waals surface area contributed by atoms with E-state index in [0.29, 0.717) is 5.69 Å². The molecule has 1 aliphatic heterocycles. The molecule has 2 N–H and O–H groups in total. The summed E-state index contributed by atoms with van der Waals surface area (Å²) in [7, 11) is 0. The van der Waals surface area contributed by atoms with Gasteiger partial charge in [-0.3, -0.25) is 4.90 Å². The van der Waals surface area contributed by atoms with E-state index in [-0.39, 0.29) is 23.4 Å². The van der Waals surface area contributed by atoms with Crippen molar-refractivity contribution in [2.45, 2.75) is 44.2 Å². The van der Waals surface area contributed by atoms with Gasteiger partial charge in [-0.1, -0.05) is 12.8 Å². The largest absolute Gasteiger partial charge is 0.379 e. The summed E-state index contributed by atoms with van der Waals surface area (Å²) in [6, 6.07) is 5.60. The third kappa shape index (κ3) is 3.70. The van der Waals surface area contributed by atoms with Crippen molar-refractivity contribution in [2.75, 3.05) is 31.6 Å². The Morgan fingerprint density at radius 2 is 1.83 bits per heavy atom. The average Bonchev–Trinajstić information content (AvgIpc) is 3.09. The highest BCUT2D eigenvalue weighted by atomic mass is 19.1. The quantitative estimate of drug-likeness (QED) is 0.889. The van der Waals surface area contributed by atoms with E-state index in [1.807, 2.05) is 0 Å². The maximum Gasteiger partial charge on any atom is 0.319 e. The van der Waals surface area contributed by atoms with Crippen LogP contribution in [0.1, 0.15) is 32.6 Å². The van der Waals surface area contributed by atoms with Crippen LogP contribution in [0.2, 0.25) is 0 Å². The van der Waals surface area contributed by atoms with E-state index < -0.39 is 0 Å². The van der Waals surface area contributed by atoms with Crippen LogP contribution in [0.5, 0.6) is 0 Å². The van der Waals surface area contributed by atoms with Crippen LogP contribution < -0.4 is 10.6 Å². The van der Waals surface area contributed by atoms with Gasteiger partial charge in [0.25, 0.3) is 0 Å². The zero-order valence-corrected chi connectivity index (χ0v) is 14.2. The van der Waals surface area contributed by atoms with Gasteiger partial charge in [0.2, 0.25) is 0 Å². The van der Waals surface area contributed by atoms with Crippen LogP contribution in [0.15, 0.2) is 24.3 Å². The van der Waals surface area contributed by atoms with E-state index in [1.165, 1.54) is 25.0 Å². The number of urea groups is 1. The number of benzene rings is 1. The van der Waals surface area contributed by atoms with E-state index in [1.54, 1.807) is 12.1 Å². The molecule has 6 heteroatoms. The lowest BCUT2D eigenvalue weighted by Crippen LogP contribution is -2.62. The van der Waals surface area contributed by atoms with Crippen LogP contribution in [0.4, 0.5) is 14.9 Å². The average molecular weight is 335 g/mol. The summed E-state index contributed by atoms with van der Waals surface area (Å²) in [6.07, 6.45) is 4.60. The van der Waals surface area contributed by atoms with Gasteiger partial charge in [-0.05, 0) is 44.0 Å². The summed E-state index contributed by atoms with van der Waals surface area (Å²) in [6.45, 7) is 5.45. The Balaban J connectivity index is 1.63. The Kier molecular flexibility index (Phi) is 5.36. The normalized spacial score (nSPS) is 22.1. The predicted octanol–water partition coefficient (Wildman–Crippen LogP) is 2.98. The van der Waals surface area contributed by atoms with Gasteiger partial charge < -0.3 is 15.4 Å². The summed E-state index contributed by atoms with van der Waals surface area (Å²) in [5.41, 5.74) is 0.608. The zero-order chi connectivity index (χ0) is 17.0. The third-order valence-corrected chi connectivity index (χ3v) is 5.37. The molecule has 132 valence electrons. The van der Waals surface area contributed by atoms with Crippen molar-refractivity contribution in [2.24, 2.45) is 0 Å². The van der Waals surface area contributed by atoms with Crippen molar-refractivity contribution in [3.8, 4) is 0 Å². The van der Waals surface area contributed by atoms with Crippen molar-refractivity contribution >= 4 is 11.7 Å². The number of halogens is 1. The fourth-order valence-corrected chi connectivity index (χ4v) is 4.05. The molecule has 1 aromatic carbocycles. The smallest absolute Gasteiger partial charge is 0.319 e. The molecule has 2 amide bonds. The van der Waals surface area contributed by atoms with Crippen LogP contribution >= 0.6 is 0 Å². The number of nitrogens with one attached hydrogen (secondary N) is 2. The maximum absolute atomic E-state index is 13.0. The van der Waals surface area contributed by atoms with Gasteiger partial charge in [-0.25, -0.2) is 9.18 Å². The minimum absolute atomic E-state index is 0.0178. The molecule has 24 heavy (non-hydrogen) atoms. The van der Waals surface area contributed by atoms with Gasteiger partial charge in [-0.2, -0.15) is 0 Å². The van der Waals surface area contributed by atoms with Crippen LogP contribution in [0.25, 0.3) is 0 Å². The van der Waals surface area contributed by atoms with Gasteiger partial charge >= 0.3 is 6.03 Å². The van der Waals surface area contributed by atoms with Crippen LogP contribution in [-0.2, 0) is 4.74 Å². The first-order valence-electron chi connectivity index (χ1n) is 8.76. The number of morpholine rings is 1. The molecule has 2 fully saturated rings. The second kappa shape index (κ2) is 7.49. The lowest BCUT2D eigenvalue weighted by atomic mass is 9.86. The summed E-state index contributed by atoms with van der Waals surface area (Å²) in [5.74, 6) is -0.313. The molecular weight excluding hydrogens is 309 g/mol. The molecule has 0 bridgehead atoms. The molecule has 0 spiro atoms. The lowest BCUT2D eigenvalue weighted by molar-refractivity contribution is -0.0315. The highest BCUT2D eigenvalue weighted by Crippen LogP contribution is 2.38. The molecule has 5 nitrogen and oxygen atoms in total. The summed E-state index contributed by atoms with van der Waals surface area (Å²) in [4.78, 5) is 14.8. The number of ether oxygens (including phenoxy) is 1. The van der Waals surface area contributed by atoms with Crippen molar-refractivity contribution in [1.29, 1.82) is 0 Å². The molecule has 1 saturated heterocycles. The van der Waals surface area contributed by atoms with Crippen molar-refractivity contribution in [3.63, 3.8) is 0 Å². The van der Waals surface area contributed by atoms with Crippen LogP contribution in [0.3, 0.4) is 0 Å². The molecule has 1 atom stereocenters. The van der Waals surface area contributed by atoms with E-state index in [9.17, 15) is 9.18 Å². The molecule has 1 aliphatic carbocycles. The van der Waals surface area contributed by atoms with Crippen LogP contribution in [0, 0.1) is 5.82 Å². The molecule has 3 rings (SSSR count). The predicted molar refractivity (Wildman–Crippen MR) is 91.6 cm³/mol. The van der Waals surface area contributed by atoms with Gasteiger partial charge in [0.1, 0.15) is 5.82 Å². The second-order valence-corrected chi connectivity index (χ2v) is 6.74. The van der Waals surface area contributed by atoms with Crippen molar-refractivity contribution in [3.05, 3.63) is 30.1 Å². The Morgan fingerprint density at radius 1 is 1.21 bits per heavy atom. The van der Waals surface area contributed by atoms with E-state index in [4.69, 9.17) is 4.74 Å². The summed E-state index contributed by atoms with van der Waals surface area (Å²) < 4.78 is 18.4. The molecule has 0 aromatic heterocycles. The first-order chi connectivity index (χ1) is 11.6. The maximum atomic E-state index is 13.0. The molecule has 1 heterocycles. The van der Waals surface area contributed by atoms with Gasteiger partial charge in [0.05, 0.1) is 13.2 Å². The minimum atomic E-state index is -0.313. The Bertz CT molecular complexity index is 552. The highest BCUT2D eigenvalue weighted by molar-refractivity contribution is 5.89. The molecular formula is C18H26FN3O2. The Labute approximate surface area is 142 Å². The number of carbonyl (C=O) groups is 1. The number of amides is 2. The van der Waals surface area contributed by atoms with E-state index >= 15 is 0 Å². The Morgan fingerprint density at radius 3 is 2.46 bits per heavy atom. The third-order valence-electron chi connectivity index (χ3n) is 5.37. The molecule has 0 unspecified atom stereocenters. The van der Waals surface area contributed by atoms with Crippen LogP contribution in [-0.4, -0.2) is 48.8 Å². The topological polar surface area (TPSA) is 53.6 Å². The van der Waals surface area contributed by atoms with Crippen molar-refractivity contribution in [1.82, 2.24) is 10.2 Å². The van der Waals surface area contributed by atoms with Gasteiger partial charge in [0.15, 0.2) is 0 Å². The molecule has 1 saturated carbocycles. The van der Waals surface area contributed by atoms with Gasteiger partial charge in [0, 0.05) is 30.4 Å². The zero-order valence-electron chi connectivity index (χ0n) is 14.2. The van der Waals surface area contributed by atoms with Gasteiger partial charge in [-0.15, -0.1) is 0 Å². The molecule has 0 radical (unpaired) electrons. The van der Waals surface area contributed by atoms with E-state index in [0.717, 1.165) is 39.1 Å². The lowest BCUT2D eigenvalue weighted by Gasteiger charge is -2.47. The fraction of sp³-hybridized carbons (Fsp3) is 0.611. The number of hydrogen-bond donors (Lipinski definition) is 2. The number of carbonyl (C=O) groups excluding carboxylic acids is 1. The summed E-state index contributed by atoms with van der Waals surface area (Å²) >= 11 is 0. The van der Waals surface area contributed by atoms with Crippen molar-refractivity contribution < 1.29 is 13.9 Å². The molecule has 1 aromatic rings.